The molecule has 1 heterocycles. The molecule has 16 heavy (non-hydrogen) atoms. The first-order valence-electron chi connectivity index (χ1n) is 5.85. The molecule has 0 aromatic carbocycles. The molecule has 0 aliphatic heterocycles. The monoisotopic (exact) mass is 240 g/mol. The largest absolute Gasteiger partial charge is 0.452 e. The quantitative estimate of drug-likeness (QED) is 0.726. The minimum Gasteiger partial charge on any atom is -0.452 e. The van der Waals surface area contributed by atoms with Crippen molar-refractivity contribution in [2.45, 2.75) is 33.1 Å². The molecule has 1 aliphatic carbocycles. The van der Waals surface area contributed by atoms with Gasteiger partial charge in [-0.05, 0) is 48.8 Å². The number of ketones is 1. The molecular formula is C13H17ClO2. The van der Waals surface area contributed by atoms with E-state index in [1.54, 1.807) is 6.07 Å². The van der Waals surface area contributed by atoms with Gasteiger partial charge in [0, 0.05) is 5.92 Å². The lowest BCUT2D eigenvalue weighted by atomic mass is 9.74. The third-order valence-corrected chi connectivity index (χ3v) is 3.73. The fourth-order valence-electron chi connectivity index (χ4n) is 2.85. The van der Waals surface area contributed by atoms with Gasteiger partial charge in [-0.15, -0.1) is 0 Å². The first kappa shape index (κ1) is 11.7. The van der Waals surface area contributed by atoms with Crippen molar-refractivity contribution in [3.8, 4) is 0 Å². The van der Waals surface area contributed by atoms with Crippen LogP contribution in [0.5, 0.6) is 0 Å². The van der Waals surface area contributed by atoms with E-state index in [2.05, 4.69) is 13.8 Å². The smallest absolute Gasteiger partial charge is 0.203 e. The number of hydrogen-bond acceptors (Lipinski definition) is 2. The van der Waals surface area contributed by atoms with Crippen molar-refractivity contribution in [2.75, 3.05) is 0 Å². The number of halogens is 1. The molecule has 1 saturated carbocycles. The van der Waals surface area contributed by atoms with E-state index in [4.69, 9.17) is 16.0 Å². The summed E-state index contributed by atoms with van der Waals surface area (Å²) in [5.41, 5.74) is 0.549. The van der Waals surface area contributed by atoms with Gasteiger partial charge in [0.2, 0.25) is 5.22 Å². The fraction of sp³-hybridized carbons (Fsp3) is 0.615. The van der Waals surface area contributed by atoms with Crippen LogP contribution < -0.4 is 0 Å². The summed E-state index contributed by atoms with van der Waals surface area (Å²) in [6, 6.07) is 1.68. The predicted molar refractivity (Wildman–Crippen MR) is 63.7 cm³/mol. The van der Waals surface area contributed by atoms with E-state index < -0.39 is 0 Å². The number of rotatable bonds is 2. The molecule has 0 saturated heterocycles. The van der Waals surface area contributed by atoms with Crippen LogP contribution in [-0.2, 0) is 0 Å². The average Bonchev–Trinajstić information content (AvgIpc) is 2.62. The molecule has 1 fully saturated rings. The lowest BCUT2D eigenvalue weighted by Gasteiger charge is -2.30. The maximum atomic E-state index is 12.2. The van der Waals surface area contributed by atoms with E-state index >= 15 is 0 Å². The van der Waals surface area contributed by atoms with Gasteiger partial charge in [0.05, 0.1) is 11.8 Å². The number of hydrogen-bond donors (Lipinski definition) is 0. The van der Waals surface area contributed by atoms with E-state index in [1.165, 1.54) is 12.7 Å². The van der Waals surface area contributed by atoms with Gasteiger partial charge in [-0.1, -0.05) is 13.8 Å². The first-order valence-corrected chi connectivity index (χ1v) is 6.23. The summed E-state index contributed by atoms with van der Waals surface area (Å²) in [6.45, 7) is 4.43. The Morgan fingerprint density at radius 2 is 1.94 bits per heavy atom. The number of carbonyl (C=O) groups is 1. The highest BCUT2D eigenvalue weighted by Crippen LogP contribution is 2.35. The molecule has 0 radical (unpaired) electrons. The van der Waals surface area contributed by atoms with Crippen molar-refractivity contribution in [3.63, 3.8) is 0 Å². The molecule has 0 N–H and O–H groups in total. The van der Waals surface area contributed by atoms with Crippen LogP contribution in [0, 0.1) is 17.8 Å². The summed E-state index contributed by atoms with van der Waals surface area (Å²) in [6.07, 6.45) is 4.66. The van der Waals surface area contributed by atoms with E-state index in [0.717, 1.165) is 12.8 Å². The Hall–Kier alpha value is -0.760. The van der Waals surface area contributed by atoms with Crippen LogP contribution in [0.3, 0.4) is 0 Å². The predicted octanol–water partition coefficient (Wildman–Crippen LogP) is 4.19. The summed E-state index contributed by atoms with van der Waals surface area (Å²) in [5.74, 6) is 1.53. The SMILES string of the molecule is CC1CC(C)CC(C(=O)c2ccoc2Cl)C1. The van der Waals surface area contributed by atoms with Gasteiger partial charge in [-0.3, -0.25) is 4.79 Å². The first-order chi connectivity index (χ1) is 7.58. The Morgan fingerprint density at radius 3 is 2.44 bits per heavy atom. The summed E-state index contributed by atoms with van der Waals surface area (Å²) in [5, 5.41) is 0.232. The molecular weight excluding hydrogens is 224 g/mol. The maximum absolute atomic E-state index is 12.2. The molecule has 2 nitrogen and oxygen atoms in total. The molecule has 88 valence electrons. The molecule has 2 atom stereocenters. The Balaban J connectivity index is 2.13. The zero-order valence-corrected chi connectivity index (χ0v) is 10.5. The zero-order chi connectivity index (χ0) is 11.7. The van der Waals surface area contributed by atoms with Crippen LogP contribution in [0.1, 0.15) is 43.5 Å². The van der Waals surface area contributed by atoms with Gasteiger partial charge < -0.3 is 4.42 Å². The normalized spacial score (nSPS) is 30.3. The lowest BCUT2D eigenvalue weighted by molar-refractivity contribution is 0.0835. The molecule has 0 bridgehead atoms. The standard InChI is InChI=1S/C13H17ClO2/c1-8-5-9(2)7-10(6-8)12(15)11-3-4-16-13(11)14/h3-4,8-10H,5-7H2,1-2H3. The molecule has 1 aromatic rings. The van der Waals surface area contributed by atoms with Crippen LogP contribution in [0.2, 0.25) is 5.22 Å². The van der Waals surface area contributed by atoms with Crippen molar-refractivity contribution in [1.82, 2.24) is 0 Å². The van der Waals surface area contributed by atoms with Crippen LogP contribution in [-0.4, -0.2) is 5.78 Å². The van der Waals surface area contributed by atoms with Gasteiger partial charge in [0.1, 0.15) is 0 Å². The third-order valence-electron chi connectivity index (χ3n) is 3.43. The van der Waals surface area contributed by atoms with E-state index in [-0.39, 0.29) is 16.9 Å². The van der Waals surface area contributed by atoms with Gasteiger partial charge in [0.25, 0.3) is 0 Å². The highest BCUT2D eigenvalue weighted by Gasteiger charge is 2.31. The Labute approximate surface area is 101 Å². The van der Waals surface area contributed by atoms with Crippen LogP contribution in [0.25, 0.3) is 0 Å². The van der Waals surface area contributed by atoms with Crippen molar-refractivity contribution < 1.29 is 9.21 Å². The van der Waals surface area contributed by atoms with Crippen LogP contribution in [0.4, 0.5) is 0 Å². The second-order valence-corrected chi connectivity index (χ2v) is 5.43. The van der Waals surface area contributed by atoms with E-state index in [9.17, 15) is 4.79 Å². The van der Waals surface area contributed by atoms with Gasteiger partial charge in [-0.25, -0.2) is 0 Å². The van der Waals surface area contributed by atoms with Gasteiger partial charge in [-0.2, -0.15) is 0 Å². The number of carbonyl (C=O) groups excluding carboxylic acids is 1. The molecule has 1 aromatic heterocycles. The zero-order valence-electron chi connectivity index (χ0n) is 9.70. The van der Waals surface area contributed by atoms with Crippen LogP contribution >= 0.6 is 11.6 Å². The lowest BCUT2D eigenvalue weighted by Crippen LogP contribution is -2.26. The Morgan fingerprint density at radius 1 is 1.31 bits per heavy atom. The summed E-state index contributed by atoms with van der Waals surface area (Å²) in [4.78, 5) is 12.2. The molecule has 3 heteroatoms. The molecule has 0 amide bonds. The summed E-state index contributed by atoms with van der Waals surface area (Å²) < 4.78 is 4.97. The minimum atomic E-state index is 0.119. The second-order valence-electron chi connectivity index (χ2n) is 5.09. The Bertz CT molecular complexity index is 373. The van der Waals surface area contributed by atoms with Crippen molar-refractivity contribution in [1.29, 1.82) is 0 Å². The van der Waals surface area contributed by atoms with Crippen molar-refractivity contribution in [2.24, 2.45) is 17.8 Å². The van der Waals surface area contributed by atoms with Gasteiger partial charge in [0.15, 0.2) is 5.78 Å². The maximum Gasteiger partial charge on any atom is 0.203 e. The van der Waals surface area contributed by atoms with Gasteiger partial charge >= 0.3 is 0 Å². The molecule has 2 rings (SSSR count). The molecule has 2 unspecified atom stereocenters. The van der Waals surface area contributed by atoms with Crippen molar-refractivity contribution in [3.05, 3.63) is 23.1 Å². The number of Topliss-reactive ketones (excluding diaryl/α,β-unsaturated/α-hetero) is 1. The topological polar surface area (TPSA) is 30.2 Å². The van der Waals surface area contributed by atoms with Crippen molar-refractivity contribution >= 4 is 17.4 Å². The Kier molecular flexibility index (Phi) is 3.38. The third kappa shape index (κ3) is 2.32. The molecule has 1 aliphatic rings. The fourth-order valence-corrected chi connectivity index (χ4v) is 3.06. The average molecular weight is 241 g/mol. The highest BCUT2D eigenvalue weighted by atomic mass is 35.5. The van der Waals surface area contributed by atoms with E-state index in [1.807, 2.05) is 0 Å². The minimum absolute atomic E-state index is 0.119. The molecule has 0 spiro atoms. The second kappa shape index (κ2) is 4.62. The van der Waals surface area contributed by atoms with Crippen LogP contribution in [0.15, 0.2) is 16.7 Å². The summed E-state index contributed by atoms with van der Waals surface area (Å²) in [7, 11) is 0. The van der Waals surface area contributed by atoms with E-state index in [0.29, 0.717) is 17.4 Å². The summed E-state index contributed by atoms with van der Waals surface area (Å²) >= 11 is 5.84. The highest BCUT2D eigenvalue weighted by molar-refractivity contribution is 6.32. The number of furan rings is 1.